The minimum absolute atomic E-state index is 0.0665. The fourth-order valence-corrected chi connectivity index (χ4v) is 3.04. The van der Waals surface area contributed by atoms with Gasteiger partial charge in [-0.15, -0.1) is 0 Å². The minimum Gasteiger partial charge on any atom is -0.500 e. The van der Waals surface area contributed by atoms with Gasteiger partial charge in [0.05, 0.1) is 31.3 Å². The van der Waals surface area contributed by atoms with Crippen LogP contribution < -0.4 is 14.9 Å². The molecule has 0 aliphatic heterocycles. The number of aromatic hydroxyl groups is 1. The van der Waals surface area contributed by atoms with Crippen LogP contribution in [0.3, 0.4) is 0 Å². The van der Waals surface area contributed by atoms with Gasteiger partial charge in [-0.1, -0.05) is 24.3 Å². The molecule has 0 saturated carbocycles. The summed E-state index contributed by atoms with van der Waals surface area (Å²) < 4.78 is 10.2. The number of benzene rings is 3. The van der Waals surface area contributed by atoms with Gasteiger partial charge in [0.15, 0.2) is 5.75 Å². The number of carbonyl (C=O) groups excluding carboxylic acids is 1. The van der Waals surface area contributed by atoms with Crippen LogP contribution in [0.4, 0.5) is 5.69 Å². The molecule has 3 aromatic rings. The van der Waals surface area contributed by atoms with Crippen molar-refractivity contribution in [1.82, 2.24) is 5.43 Å². The number of phenols is 1. The predicted octanol–water partition coefficient (Wildman–Crippen LogP) is 3.72. The van der Waals surface area contributed by atoms with Crippen molar-refractivity contribution >= 4 is 28.6 Å². The number of ether oxygens (including phenoxy) is 2. The number of hydrazone groups is 1. The van der Waals surface area contributed by atoms with Gasteiger partial charge in [0.25, 0.3) is 0 Å². The zero-order chi connectivity index (χ0) is 22.5. The van der Waals surface area contributed by atoms with E-state index in [-0.39, 0.29) is 17.2 Å². The Balaban J connectivity index is 1.74. The number of nitrogens with one attached hydrogen (secondary N) is 1. The Morgan fingerprint density at radius 1 is 1.13 bits per heavy atom. The molecule has 0 fully saturated rings. The van der Waals surface area contributed by atoms with E-state index in [0.717, 1.165) is 28.2 Å². The number of rotatable bonds is 7. The molecule has 9 heteroatoms. The molecule has 0 aromatic heterocycles. The third kappa shape index (κ3) is 4.72. The Labute approximate surface area is 178 Å². The summed E-state index contributed by atoms with van der Waals surface area (Å²) in [6.45, 7) is 1.75. The first-order valence-electron chi connectivity index (χ1n) is 9.30. The summed E-state index contributed by atoms with van der Waals surface area (Å²) in [5.74, 6) is -0.706. The molecule has 1 amide bonds. The van der Waals surface area contributed by atoms with E-state index in [1.54, 1.807) is 14.0 Å². The van der Waals surface area contributed by atoms with Crippen molar-refractivity contribution in [2.75, 3.05) is 14.2 Å². The molecule has 0 unspecified atom stereocenters. The number of hydrogen-bond acceptors (Lipinski definition) is 7. The molecule has 9 nitrogen and oxygen atoms in total. The molecule has 2 N–H and O–H groups in total. The van der Waals surface area contributed by atoms with Crippen LogP contribution in [0, 0.1) is 10.1 Å². The fraction of sp³-hybridized carbons (Fsp3) is 0.182. The van der Waals surface area contributed by atoms with Crippen molar-refractivity contribution in [1.29, 1.82) is 0 Å². The number of hydrogen-bond donors (Lipinski definition) is 2. The van der Waals surface area contributed by atoms with E-state index >= 15 is 0 Å². The van der Waals surface area contributed by atoms with E-state index in [1.165, 1.54) is 19.4 Å². The zero-order valence-electron chi connectivity index (χ0n) is 17.2. The third-order valence-corrected chi connectivity index (χ3v) is 4.85. The molecule has 0 saturated heterocycles. The number of methoxy groups -OCH3 is 2. The van der Waals surface area contributed by atoms with Gasteiger partial charge in [-0.25, -0.2) is 5.43 Å². The standard InChI is InChI=1S/C22H21N3O6/c1-13(15-4-5-17-11-18(30-2)7-6-16(17)10-15)22(27)24-23-12-14-8-19(25(28)29)21(26)20(9-14)31-3/h4-13,26H,1-3H3,(H,24,27)/b23-12-/t13-/m0/s1. The summed E-state index contributed by atoms with van der Waals surface area (Å²) in [4.78, 5) is 22.8. The maximum Gasteiger partial charge on any atom is 0.315 e. The Bertz CT molecular complexity index is 1180. The van der Waals surface area contributed by atoms with Crippen LogP contribution in [-0.2, 0) is 4.79 Å². The van der Waals surface area contributed by atoms with Crippen LogP contribution in [-0.4, -0.2) is 36.4 Å². The van der Waals surface area contributed by atoms with Crippen molar-refractivity contribution in [3.8, 4) is 17.2 Å². The first-order chi connectivity index (χ1) is 14.8. The molecule has 0 aliphatic carbocycles. The second-order valence-corrected chi connectivity index (χ2v) is 6.78. The molecular formula is C22H21N3O6. The smallest absolute Gasteiger partial charge is 0.315 e. The highest BCUT2D eigenvalue weighted by atomic mass is 16.6. The molecule has 0 spiro atoms. The first-order valence-corrected chi connectivity index (χ1v) is 9.30. The van der Waals surface area contributed by atoms with Gasteiger partial charge in [0.1, 0.15) is 5.75 Å². The molecule has 3 rings (SSSR count). The summed E-state index contributed by atoms with van der Waals surface area (Å²) in [7, 11) is 2.89. The largest absolute Gasteiger partial charge is 0.500 e. The lowest BCUT2D eigenvalue weighted by Gasteiger charge is -2.11. The number of carbonyl (C=O) groups is 1. The SMILES string of the molecule is COc1ccc2cc([C@H](C)C(=O)N/N=C\c3cc(OC)c(O)c([N+](=O)[O-])c3)ccc2c1. The highest BCUT2D eigenvalue weighted by molar-refractivity contribution is 5.89. The quantitative estimate of drug-likeness (QED) is 0.339. The lowest BCUT2D eigenvalue weighted by Crippen LogP contribution is -2.23. The van der Waals surface area contributed by atoms with E-state index in [2.05, 4.69) is 10.5 Å². The van der Waals surface area contributed by atoms with Crippen LogP contribution in [0.1, 0.15) is 24.0 Å². The Morgan fingerprint density at radius 3 is 2.52 bits per heavy atom. The van der Waals surface area contributed by atoms with Crippen LogP contribution in [0.5, 0.6) is 17.2 Å². The number of fused-ring (bicyclic) bond motifs is 1. The molecule has 160 valence electrons. The summed E-state index contributed by atoms with van der Waals surface area (Å²) in [5, 5.41) is 26.7. The van der Waals surface area contributed by atoms with Gasteiger partial charge >= 0.3 is 5.69 Å². The van der Waals surface area contributed by atoms with Crippen molar-refractivity contribution in [2.24, 2.45) is 5.10 Å². The fourth-order valence-electron chi connectivity index (χ4n) is 3.04. The number of nitro groups is 1. The minimum atomic E-state index is -0.731. The van der Waals surface area contributed by atoms with Crippen molar-refractivity contribution in [3.63, 3.8) is 0 Å². The number of nitrogens with zero attached hydrogens (tertiary/aromatic N) is 2. The second kappa shape index (κ2) is 9.12. The molecule has 3 aromatic carbocycles. The molecule has 1 atom stereocenters. The maximum absolute atomic E-state index is 12.5. The van der Waals surface area contributed by atoms with E-state index in [0.29, 0.717) is 0 Å². The third-order valence-electron chi connectivity index (χ3n) is 4.85. The molecule has 0 aliphatic rings. The topological polar surface area (TPSA) is 123 Å². The van der Waals surface area contributed by atoms with E-state index < -0.39 is 22.3 Å². The van der Waals surface area contributed by atoms with Crippen LogP contribution >= 0.6 is 0 Å². The Morgan fingerprint density at radius 2 is 1.84 bits per heavy atom. The highest BCUT2D eigenvalue weighted by Crippen LogP contribution is 2.36. The average molecular weight is 423 g/mol. The van der Waals surface area contributed by atoms with Crippen molar-refractivity contribution < 1.29 is 24.3 Å². The van der Waals surface area contributed by atoms with Gasteiger partial charge in [-0.05, 0) is 41.5 Å². The first kappa shape index (κ1) is 21.6. The average Bonchev–Trinajstić information content (AvgIpc) is 2.78. The second-order valence-electron chi connectivity index (χ2n) is 6.78. The Hall–Kier alpha value is -4.14. The van der Waals surface area contributed by atoms with Gasteiger partial charge in [-0.2, -0.15) is 5.10 Å². The molecule has 31 heavy (non-hydrogen) atoms. The molecule has 0 radical (unpaired) electrons. The summed E-state index contributed by atoms with van der Waals surface area (Å²) >= 11 is 0. The van der Waals surface area contributed by atoms with Gasteiger partial charge in [0, 0.05) is 11.6 Å². The number of nitro benzene ring substituents is 1. The Kier molecular flexibility index (Phi) is 6.35. The van der Waals surface area contributed by atoms with Gasteiger partial charge in [-0.3, -0.25) is 14.9 Å². The number of phenolic OH excluding ortho intramolecular Hbond substituents is 1. The lowest BCUT2D eigenvalue weighted by atomic mass is 9.97. The highest BCUT2D eigenvalue weighted by Gasteiger charge is 2.19. The summed E-state index contributed by atoms with van der Waals surface area (Å²) in [5.41, 5.74) is 3.01. The molecular weight excluding hydrogens is 402 g/mol. The van der Waals surface area contributed by atoms with Crippen LogP contribution in [0.25, 0.3) is 10.8 Å². The lowest BCUT2D eigenvalue weighted by molar-refractivity contribution is -0.386. The maximum atomic E-state index is 12.5. The number of amides is 1. The normalized spacial score (nSPS) is 12.0. The summed E-state index contributed by atoms with van der Waals surface area (Å²) in [6.07, 6.45) is 1.24. The molecule has 0 bridgehead atoms. The van der Waals surface area contributed by atoms with Crippen molar-refractivity contribution in [3.05, 3.63) is 69.8 Å². The van der Waals surface area contributed by atoms with E-state index in [4.69, 9.17) is 9.47 Å². The van der Waals surface area contributed by atoms with Crippen LogP contribution in [0.2, 0.25) is 0 Å². The van der Waals surface area contributed by atoms with E-state index in [1.807, 2.05) is 36.4 Å². The van der Waals surface area contributed by atoms with Crippen LogP contribution in [0.15, 0.2) is 53.6 Å². The van der Waals surface area contributed by atoms with Crippen molar-refractivity contribution in [2.45, 2.75) is 12.8 Å². The van der Waals surface area contributed by atoms with Gasteiger partial charge in [0.2, 0.25) is 11.7 Å². The van der Waals surface area contributed by atoms with Gasteiger partial charge < -0.3 is 14.6 Å². The monoisotopic (exact) mass is 423 g/mol. The zero-order valence-corrected chi connectivity index (χ0v) is 17.2. The summed E-state index contributed by atoms with van der Waals surface area (Å²) in [6, 6.07) is 13.9. The molecule has 0 heterocycles. The predicted molar refractivity (Wildman–Crippen MR) is 116 cm³/mol. The van der Waals surface area contributed by atoms with E-state index in [9.17, 15) is 20.0 Å².